The van der Waals surface area contributed by atoms with E-state index in [9.17, 15) is 13.2 Å². The third-order valence-electron chi connectivity index (χ3n) is 3.59. The topological polar surface area (TPSA) is 95.7 Å². The van der Waals surface area contributed by atoms with E-state index in [-0.39, 0.29) is 16.2 Å². The molecule has 0 heterocycles. The Labute approximate surface area is 141 Å². The van der Waals surface area contributed by atoms with Gasteiger partial charge in [-0.05, 0) is 42.3 Å². The van der Waals surface area contributed by atoms with Crippen molar-refractivity contribution in [1.82, 2.24) is 0 Å². The van der Waals surface area contributed by atoms with Crippen LogP contribution in [0.2, 0.25) is 0 Å². The van der Waals surface area contributed by atoms with Crippen molar-refractivity contribution in [2.75, 3.05) is 14.2 Å². The summed E-state index contributed by atoms with van der Waals surface area (Å²) in [6, 6.07) is 10.9. The molecule has 1 atom stereocenters. The predicted molar refractivity (Wildman–Crippen MR) is 89.8 cm³/mol. The minimum atomic E-state index is -4.09. The third kappa shape index (κ3) is 3.35. The average molecular weight is 349 g/mol. The van der Waals surface area contributed by atoms with Gasteiger partial charge in [-0.25, -0.2) is 8.42 Å². The number of amides is 1. The number of methoxy groups -OCH3 is 2. The minimum absolute atomic E-state index is 0.0813. The first-order chi connectivity index (χ1) is 11.3. The molecule has 6 nitrogen and oxygen atoms in total. The molecule has 0 radical (unpaired) electrons. The molecule has 0 aliphatic heterocycles. The van der Waals surface area contributed by atoms with Crippen LogP contribution in [-0.2, 0) is 14.6 Å². The number of carbonyl (C=O) groups is 1. The van der Waals surface area contributed by atoms with Gasteiger partial charge in [-0.15, -0.1) is 0 Å². The molecule has 128 valence electrons. The van der Waals surface area contributed by atoms with Gasteiger partial charge in [0.1, 0.15) is 16.4 Å². The van der Waals surface area contributed by atoms with E-state index in [1.807, 2.05) is 6.92 Å². The van der Waals surface area contributed by atoms with E-state index in [1.54, 1.807) is 24.3 Å². The van der Waals surface area contributed by atoms with E-state index in [2.05, 4.69) is 0 Å². The SMILES string of the molecule is COc1cccc(C(C(N)=O)S(=O)(=O)c2ccc(C)cc2OC)c1. The van der Waals surface area contributed by atoms with Crippen molar-refractivity contribution >= 4 is 15.7 Å². The highest BCUT2D eigenvalue weighted by atomic mass is 32.2. The molecule has 0 aliphatic rings. The van der Waals surface area contributed by atoms with Crippen LogP contribution in [-0.4, -0.2) is 28.5 Å². The quantitative estimate of drug-likeness (QED) is 0.861. The monoisotopic (exact) mass is 349 g/mol. The van der Waals surface area contributed by atoms with Crippen molar-refractivity contribution in [3.05, 3.63) is 53.6 Å². The van der Waals surface area contributed by atoms with Gasteiger partial charge in [-0.3, -0.25) is 4.79 Å². The van der Waals surface area contributed by atoms with Gasteiger partial charge in [0.05, 0.1) is 14.2 Å². The highest BCUT2D eigenvalue weighted by Gasteiger charge is 2.36. The lowest BCUT2D eigenvalue weighted by Crippen LogP contribution is -2.29. The Kier molecular flexibility index (Phi) is 5.14. The number of rotatable bonds is 6. The standard InChI is InChI=1S/C17H19NO5S/c1-11-7-8-15(14(9-11)23-3)24(20,21)16(17(18)19)12-5-4-6-13(10-12)22-2/h4-10,16H,1-3H3,(H2,18,19). The molecule has 2 aromatic carbocycles. The summed E-state index contributed by atoms with van der Waals surface area (Å²) >= 11 is 0. The Morgan fingerprint density at radius 2 is 1.79 bits per heavy atom. The van der Waals surface area contributed by atoms with Crippen molar-refractivity contribution in [2.45, 2.75) is 17.1 Å². The summed E-state index contributed by atoms with van der Waals surface area (Å²) < 4.78 is 36.3. The average Bonchev–Trinajstić information content (AvgIpc) is 2.54. The van der Waals surface area contributed by atoms with Gasteiger partial charge in [-0.2, -0.15) is 0 Å². The molecule has 0 bridgehead atoms. The van der Waals surface area contributed by atoms with Crippen molar-refractivity contribution in [1.29, 1.82) is 0 Å². The maximum absolute atomic E-state index is 13.0. The maximum Gasteiger partial charge on any atom is 0.240 e. The molecule has 0 saturated carbocycles. The number of nitrogens with two attached hydrogens (primary N) is 1. The van der Waals surface area contributed by atoms with Crippen molar-refractivity contribution in [2.24, 2.45) is 5.73 Å². The number of hydrogen-bond acceptors (Lipinski definition) is 5. The first-order valence-corrected chi connectivity index (χ1v) is 8.67. The molecular formula is C17H19NO5S. The Morgan fingerprint density at radius 1 is 1.08 bits per heavy atom. The predicted octanol–water partition coefficient (Wildman–Crippen LogP) is 2.01. The van der Waals surface area contributed by atoms with Crippen LogP contribution in [0.4, 0.5) is 0 Å². The Hall–Kier alpha value is -2.54. The molecular weight excluding hydrogens is 330 g/mol. The second-order valence-corrected chi connectivity index (χ2v) is 7.26. The van der Waals surface area contributed by atoms with Crippen LogP contribution in [0.25, 0.3) is 0 Å². The van der Waals surface area contributed by atoms with Crippen molar-refractivity contribution in [3.63, 3.8) is 0 Å². The lowest BCUT2D eigenvalue weighted by molar-refractivity contribution is -0.117. The molecule has 0 aromatic heterocycles. The van der Waals surface area contributed by atoms with E-state index in [1.165, 1.54) is 32.4 Å². The van der Waals surface area contributed by atoms with Gasteiger partial charge in [-0.1, -0.05) is 18.2 Å². The largest absolute Gasteiger partial charge is 0.497 e. The lowest BCUT2D eigenvalue weighted by Gasteiger charge is -2.18. The smallest absolute Gasteiger partial charge is 0.240 e. The number of primary amides is 1. The lowest BCUT2D eigenvalue weighted by atomic mass is 10.1. The molecule has 1 amide bonds. The maximum atomic E-state index is 13.0. The second kappa shape index (κ2) is 6.92. The van der Waals surface area contributed by atoms with Gasteiger partial charge >= 0.3 is 0 Å². The zero-order chi connectivity index (χ0) is 17.9. The summed E-state index contributed by atoms with van der Waals surface area (Å²) in [5.41, 5.74) is 6.48. The molecule has 2 rings (SSSR count). The number of carbonyl (C=O) groups excluding carboxylic acids is 1. The first kappa shape index (κ1) is 17.8. The third-order valence-corrected chi connectivity index (χ3v) is 5.67. The number of aryl methyl sites for hydroxylation is 1. The number of benzene rings is 2. The summed E-state index contributed by atoms with van der Waals surface area (Å²) in [6.45, 7) is 1.81. The Balaban J connectivity index is 2.64. The van der Waals surface area contributed by atoms with Crippen LogP contribution in [0.1, 0.15) is 16.4 Å². The summed E-state index contributed by atoms with van der Waals surface area (Å²) in [7, 11) is -1.27. The summed E-state index contributed by atoms with van der Waals surface area (Å²) in [5, 5.41) is -1.54. The number of hydrogen-bond donors (Lipinski definition) is 1. The van der Waals surface area contributed by atoms with E-state index >= 15 is 0 Å². The van der Waals surface area contributed by atoms with Gasteiger partial charge < -0.3 is 15.2 Å². The van der Waals surface area contributed by atoms with Gasteiger partial charge in [0.15, 0.2) is 15.1 Å². The van der Waals surface area contributed by atoms with Crippen LogP contribution in [0.15, 0.2) is 47.4 Å². The summed E-state index contributed by atoms with van der Waals surface area (Å²) in [6.07, 6.45) is 0. The van der Waals surface area contributed by atoms with E-state index in [4.69, 9.17) is 15.2 Å². The second-order valence-electron chi connectivity index (χ2n) is 5.26. The minimum Gasteiger partial charge on any atom is -0.497 e. The van der Waals surface area contributed by atoms with Crippen LogP contribution in [0.3, 0.4) is 0 Å². The van der Waals surface area contributed by atoms with Crippen LogP contribution < -0.4 is 15.2 Å². The van der Waals surface area contributed by atoms with E-state index < -0.39 is 21.0 Å². The van der Waals surface area contributed by atoms with Crippen LogP contribution >= 0.6 is 0 Å². The molecule has 0 saturated heterocycles. The fraction of sp³-hybridized carbons (Fsp3) is 0.235. The Bertz CT molecular complexity index is 861. The fourth-order valence-corrected chi connectivity index (χ4v) is 4.18. The fourth-order valence-electron chi connectivity index (χ4n) is 2.44. The molecule has 0 aliphatic carbocycles. The van der Waals surface area contributed by atoms with E-state index in [0.29, 0.717) is 5.75 Å². The first-order valence-electron chi connectivity index (χ1n) is 7.13. The van der Waals surface area contributed by atoms with Crippen molar-refractivity contribution in [3.8, 4) is 11.5 Å². The summed E-state index contributed by atoms with van der Waals surface area (Å²) in [4.78, 5) is 11.9. The highest BCUT2D eigenvalue weighted by molar-refractivity contribution is 7.92. The molecule has 24 heavy (non-hydrogen) atoms. The Morgan fingerprint density at radius 3 is 2.38 bits per heavy atom. The number of sulfone groups is 1. The molecule has 2 aromatic rings. The van der Waals surface area contributed by atoms with Crippen LogP contribution in [0, 0.1) is 6.92 Å². The highest BCUT2D eigenvalue weighted by Crippen LogP contribution is 2.35. The molecule has 0 fully saturated rings. The number of ether oxygens (including phenoxy) is 2. The van der Waals surface area contributed by atoms with Crippen LogP contribution in [0.5, 0.6) is 11.5 Å². The summed E-state index contributed by atoms with van der Waals surface area (Å²) in [5.74, 6) is -0.361. The molecule has 0 spiro atoms. The van der Waals surface area contributed by atoms with Crippen molar-refractivity contribution < 1.29 is 22.7 Å². The zero-order valence-corrected chi connectivity index (χ0v) is 14.5. The van der Waals surface area contributed by atoms with Gasteiger partial charge in [0, 0.05) is 0 Å². The van der Waals surface area contributed by atoms with E-state index in [0.717, 1.165) is 5.56 Å². The molecule has 2 N–H and O–H groups in total. The molecule has 7 heteroatoms. The molecule has 1 unspecified atom stereocenters. The van der Waals surface area contributed by atoms with Gasteiger partial charge in [0.2, 0.25) is 5.91 Å². The normalized spacial score (nSPS) is 12.5. The van der Waals surface area contributed by atoms with Gasteiger partial charge in [0.25, 0.3) is 0 Å². The zero-order valence-electron chi connectivity index (χ0n) is 13.6.